The molecule has 3 aromatic rings. The van der Waals surface area contributed by atoms with Gasteiger partial charge in [0, 0.05) is 22.7 Å². The van der Waals surface area contributed by atoms with E-state index >= 15 is 0 Å². The maximum absolute atomic E-state index is 12.4. The Balaban J connectivity index is 2.13. The summed E-state index contributed by atoms with van der Waals surface area (Å²) in [4.78, 5) is 27.2. The van der Waals surface area contributed by atoms with Gasteiger partial charge in [-0.3, -0.25) is 14.9 Å². The molecule has 124 valence electrons. The van der Waals surface area contributed by atoms with E-state index in [-0.39, 0.29) is 17.8 Å². The summed E-state index contributed by atoms with van der Waals surface area (Å²) in [5, 5.41) is 11.4. The zero-order valence-corrected chi connectivity index (χ0v) is 14.3. The molecule has 0 radical (unpaired) electrons. The minimum atomic E-state index is -0.577. The van der Waals surface area contributed by atoms with Gasteiger partial charge in [-0.2, -0.15) is 4.99 Å². The summed E-state index contributed by atoms with van der Waals surface area (Å²) < 4.78 is 2.57. The number of amides is 1. The summed E-state index contributed by atoms with van der Waals surface area (Å²) in [6.45, 7) is 0.239. The van der Waals surface area contributed by atoms with Crippen LogP contribution in [0.3, 0.4) is 0 Å². The predicted molar refractivity (Wildman–Crippen MR) is 96.6 cm³/mol. The Labute approximate surface area is 151 Å². The fraction of sp³-hybridized carbons (Fsp3) is 0.0588. The SMILES string of the molecule is C#CCn1c(=NC(=O)c2cccc([N+](=O)[O-])c2)sc2cc(Cl)ccc21. The molecule has 6 nitrogen and oxygen atoms in total. The van der Waals surface area contributed by atoms with Crippen molar-refractivity contribution in [3.63, 3.8) is 0 Å². The van der Waals surface area contributed by atoms with Crippen molar-refractivity contribution in [3.8, 4) is 12.3 Å². The van der Waals surface area contributed by atoms with Crippen LogP contribution in [0, 0.1) is 22.5 Å². The van der Waals surface area contributed by atoms with Gasteiger partial charge in [0.05, 0.1) is 21.7 Å². The smallest absolute Gasteiger partial charge is 0.279 e. The Kier molecular flexibility index (Phi) is 4.65. The molecular formula is C17H10ClN3O3S. The third-order valence-electron chi connectivity index (χ3n) is 3.40. The van der Waals surface area contributed by atoms with E-state index in [4.69, 9.17) is 18.0 Å². The van der Waals surface area contributed by atoms with Crippen molar-refractivity contribution in [1.82, 2.24) is 4.57 Å². The fourth-order valence-electron chi connectivity index (χ4n) is 2.28. The van der Waals surface area contributed by atoms with Crippen LogP contribution in [0.4, 0.5) is 5.69 Å². The number of halogens is 1. The van der Waals surface area contributed by atoms with Gasteiger partial charge >= 0.3 is 0 Å². The number of terminal acetylenes is 1. The molecule has 3 rings (SSSR count). The molecule has 0 aliphatic heterocycles. The van der Waals surface area contributed by atoms with Crippen molar-refractivity contribution < 1.29 is 9.72 Å². The first-order chi connectivity index (χ1) is 12.0. The van der Waals surface area contributed by atoms with Crippen LogP contribution < -0.4 is 4.80 Å². The van der Waals surface area contributed by atoms with Gasteiger partial charge in [-0.1, -0.05) is 34.9 Å². The highest BCUT2D eigenvalue weighted by Crippen LogP contribution is 2.22. The number of nitro groups is 1. The van der Waals surface area contributed by atoms with Gasteiger partial charge in [0.2, 0.25) is 0 Å². The van der Waals surface area contributed by atoms with Gasteiger partial charge < -0.3 is 4.57 Å². The maximum atomic E-state index is 12.4. The first-order valence-electron chi connectivity index (χ1n) is 7.05. The summed E-state index contributed by atoms with van der Waals surface area (Å²) in [5.41, 5.74) is 0.788. The number of hydrogen-bond acceptors (Lipinski definition) is 4. The van der Waals surface area contributed by atoms with Crippen molar-refractivity contribution >= 4 is 44.7 Å². The average molecular weight is 372 g/mol. The molecule has 0 spiro atoms. The summed E-state index contributed by atoms with van der Waals surface area (Å²) in [5.74, 6) is 1.95. The van der Waals surface area contributed by atoms with Crippen molar-refractivity contribution in [3.05, 3.63) is 68.0 Å². The summed E-state index contributed by atoms with van der Waals surface area (Å²) in [6, 6.07) is 10.7. The Morgan fingerprint density at radius 3 is 2.88 bits per heavy atom. The Hall–Kier alpha value is -2.95. The highest BCUT2D eigenvalue weighted by molar-refractivity contribution is 7.16. The molecule has 0 saturated carbocycles. The lowest BCUT2D eigenvalue weighted by atomic mass is 10.2. The summed E-state index contributed by atoms with van der Waals surface area (Å²) >= 11 is 7.27. The molecule has 1 amide bonds. The predicted octanol–water partition coefficient (Wildman–Crippen LogP) is 3.64. The van der Waals surface area contributed by atoms with Crippen LogP contribution in [-0.4, -0.2) is 15.4 Å². The monoisotopic (exact) mass is 371 g/mol. The Bertz CT molecular complexity index is 1110. The number of carbonyl (C=O) groups excluding carboxylic acids is 1. The van der Waals surface area contributed by atoms with Crippen molar-refractivity contribution in [2.24, 2.45) is 4.99 Å². The number of aromatic nitrogens is 1. The van der Waals surface area contributed by atoms with Crippen molar-refractivity contribution in [2.75, 3.05) is 0 Å². The second-order valence-electron chi connectivity index (χ2n) is 5.01. The number of nitro benzene ring substituents is 1. The highest BCUT2D eigenvalue weighted by Gasteiger charge is 2.12. The van der Waals surface area contributed by atoms with Crippen LogP contribution in [0.25, 0.3) is 10.2 Å². The maximum Gasteiger partial charge on any atom is 0.279 e. The van der Waals surface area contributed by atoms with E-state index in [9.17, 15) is 14.9 Å². The van der Waals surface area contributed by atoms with Crippen LogP contribution >= 0.6 is 22.9 Å². The molecule has 0 saturated heterocycles. The van der Waals surface area contributed by atoms with Gasteiger partial charge in [-0.25, -0.2) is 0 Å². The van der Waals surface area contributed by atoms with Crippen LogP contribution in [-0.2, 0) is 6.54 Å². The normalized spacial score (nSPS) is 11.4. The molecule has 1 aromatic heterocycles. The number of non-ortho nitro benzene ring substituents is 1. The Morgan fingerprint density at radius 2 is 2.16 bits per heavy atom. The number of thiazole rings is 1. The second-order valence-corrected chi connectivity index (χ2v) is 6.46. The van der Waals surface area contributed by atoms with Gasteiger partial charge in [-0.05, 0) is 24.3 Å². The quantitative estimate of drug-likeness (QED) is 0.400. The van der Waals surface area contributed by atoms with E-state index in [1.165, 1.54) is 35.6 Å². The molecule has 1 heterocycles. The van der Waals surface area contributed by atoms with E-state index in [0.29, 0.717) is 9.82 Å². The van der Waals surface area contributed by atoms with Gasteiger partial charge in [0.1, 0.15) is 0 Å². The molecule has 0 fully saturated rings. The van der Waals surface area contributed by atoms with Gasteiger partial charge in [0.15, 0.2) is 4.80 Å². The molecular weight excluding hydrogens is 362 g/mol. The molecule has 8 heteroatoms. The molecule has 0 atom stereocenters. The topological polar surface area (TPSA) is 77.5 Å². The molecule has 25 heavy (non-hydrogen) atoms. The van der Waals surface area contributed by atoms with Crippen molar-refractivity contribution in [1.29, 1.82) is 0 Å². The standard InChI is InChI=1S/C17H10ClN3O3S/c1-2-8-20-14-7-6-12(18)10-15(14)25-17(20)19-16(22)11-4-3-5-13(9-11)21(23)24/h1,3-7,9-10H,8H2. The summed E-state index contributed by atoms with van der Waals surface area (Å²) in [6.07, 6.45) is 5.41. The van der Waals surface area contributed by atoms with E-state index in [1.54, 1.807) is 16.7 Å². The molecule has 0 unspecified atom stereocenters. The number of carbonyl (C=O) groups is 1. The highest BCUT2D eigenvalue weighted by atomic mass is 35.5. The molecule has 2 aromatic carbocycles. The first kappa shape index (κ1) is 16.9. The Morgan fingerprint density at radius 1 is 1.36 bits per heavy atom. The molecule has 0 bridgehead atoms. The number of hydrogen-bond donors (Lipinski definition) is 0. The van der Waals surface area contributed by atoms with E-state index in [1.807, 2.05) is 6.07 Å². The number of rotatable bonds is 3. The summed E-state index contributed by atoms with van der Waals surface area (Å²) in [7, 11) is 0. The van der Waals surface area contributed by atoms with Crippen molar-refractivity contribution in [2.45, 2.75) is 6.54 Å². The van der Waals surface area contributed by atoms with Crippen LogP contribution in [0.2, 0.25) is 5.02 Å². The molecule has 0 aliphatic carbocycles. The minimum Gasteiger partial charge on any atom is -0.305 e. The van der Waals surface area contributed by atoms with Gasteiger partial charge in [0.25, 0.3) is 11.6 Å². The van der Waals surface area contributed by atoms with E-state index < -0.39 is 10.8 Å². The minimum absolute atomic E-state index is 0.136. The third-order valence-corrected chi connectivity index (χ3v) is 4.67. The van der Waals surface area contributed by atoms with E-state index in [0.717, 1.165) is 10.2 Å². The first-order valence-corrected chi connectivity index (χ1v) is 8.25. The fourth-order valence-corrected chi connectivity index (χ4v) is 3.58. The van der Waals surface area contributed by atoms with E-state index in [2.05, 4.69) is 10.9 Å². The zero-order chi connectivity index (χ0) is 18.0. The van der Waals surface area contributed by atoms with Crippen LogP contribution in [0.5, 0.6) is 0 Å². The average Bonchev–Trinajstić information content (AvgIpc) is 2.91. The number of fused-ring (bicyclic) bond motifs is 1. The lowest BCUT2D eigenvalue weighted by molar-refractivity contribution is -0.384. The lowest BCUT2D eigenvalue weighted by Gasteiger charge is -2.00. The number of nitrogens with zero attached hydrogens (tertiary/aromatic N) is 3. The van der Waals surface area contributed by atoms with Crippen LogP contribution in [0.15, 0.2) is 47.5 Å². The third kappa shape index (κ3) is 3.45. The van der Waals surface area contributed by atoms with Crippen LogP contribution in [0.1, 0.15) is 10.4 Å². The second kappa shape index (κ2) is 6.89. The number of benzene rings is 2. The lowest BCUT2D eigenvalue weighted by Crippen LogP contribution is -2.16. The molecule has 0 N–H and O–H groups in total. The zero-order valence-electron chi connectivity index (χ0n) is 12.7. The van der Waals surface area contributed by atoms with Gasteiger partial charge in [-0.15, -0.1) is 6.42 Å². The molecule has 0 aliphatic rings. The largest absolute Gasteiger partial charge is 0.305 e.